The van der Waals surface area contributed by atoms with Crippen molar-refractivity contribution in [1.29, 1.82) is 0 Å². The standard InChI is InChI=1S/C16H16F3N5O2/c1-3-24-15(21-22-23-24)20-14(26)10-6-7-11(16(17,18)19)12(8(10)2)13(25)9-4-5-9/h6-7,9H,3-5H2,1-2H3,(H,20,21,23,26). The average Bonchev–Trinajstić information content (AvgIpc) is 3.33. The van der Waals surface area contributed by atoms with E-state index < -0.39 is 34.9 Å². The van der Waals surface area contributed by atoms with Crippen LogP contribution in [0.15, 0.2) is 12.1 Å². The van der Waals surface area contributed by atoms with Gasteiger partial charge in [-0.2, -0.15) is 13.2 Å². The van der Waals surface area contributed by atoms with E-state index in [1.807, 2.05) is 0 Å². The first-order valence-electron chi connectivity index (χ1n) is 8.06. The molecule has 0 radical (unpaired) electrons. The number of hydrogen-bond donors (Lipinski definition) is 1. The summed E-state index contributed by atoms with van der Waals surface area (Å²) in [6.45, 7) is 3.52. The summed E-state index contributed by atoms with van der Waals surface area (Å²) in [5.41, 5.74) is -1.46. The number of rotatable bonds is 5. The fourth-order valence-corrected chi connectivity index (χ4v) is 2.74. The highest BCUT2D eigenvalue weighted by atomic mass is 19.4. The molecule has 7 nitrogen and oxygen atoms in total. The summed E-state index contributed by atoms with van der Waals surface area (Å²) in [7, 11) is 0. The van der Waals surface area contributed by atoms with Gasteiger partial charge in [0.15, 0.2) is 5.78 Å². The van der Waals surface area contributed by atoms with E-state index in [9.17, 15) is 22.8 Å². The number of nitrogens with one attached hydrogen (secondary N) is 1. The lowest BCUT2D eigenvalue weighted by molar-refractivity contribution is -0.138. The maximum absolute atomic E-state index is 13.3. The summed E-state index contributed by atoms with van der Waals surface area (Å²) in [4.78, 5) is 24.9. The van der Waals surface area contributed by atoms with Crippen LogP contribution in [0, 0.1) is 12.8 Å². The van der Waals surface area contributed by atoms with Crippen molar-refractivity contribution in [3.8, 4) is 0 Å². The molecule has 10 heteroatoms. The molecule has 0 saturated heterocycles. The zero-order valence-electron chi connectivity index (χ0n) is 14.1. The molecule has 1 N–H and O–H groups in total. The Morgan fingerprint density at radius 3 is 2.58 bits per heavy atom. The van der Waals surface area contributed by atoms with E-state index in [4.69, 9.17) is 0 Å². The predicted molar refractivity (Wildman–Crippen MR) is 84.7 cm³/mol. The third-order valence-corrected chi connectivity index (χ3v) is 4.27. The largest absolute Gasteiger partial charge is 0.417 e. The van der Waals surface area contributed by atoms with E-state index in [0.29, 0.717) is 19.4 Å². The molecule has 138 valence electrons. The molecule has 1 amide bonds. The molecule has 3 rings (SSSR count). The van der Waals surface area contributed by atoms with Crippen molar-refractivity contribution in [2.75, 3.05) is 5.32 Å². The first-order valence-corrected chi connectivity index (χ1v) is 8.06. The Morgan fingerprint density at radius 2 is 2.00 bits per heavy atom. The molecule has 1 aliphatic rings. The lowest BCUT2D eigenvalue weighted by Crippen LogP contribution is -2.21. The average molecular weight is 367 g/mol. The summed E-state index contributed by atoms with van der Waals surface area (Å²) >= 11 is 0. The summed E-state index contributed by atoms with van der Waals surface area (Å²) in [6.07, 6.45) is -3.54. The van der Waals surface area contributed by atoms with Crippen molar-refractivity contribution < 1.29 is 22.8 Å². The van der Waals surface area contributed by atoms with Crippen molar-refractivity contribution in [2.45, 2.75) is 39.4 Å². The van der Waals surface area contributed by atoms with Crippen molar-refractivity contribution in [3.63, 3.8) is 0 Å². The van der Waals surface area contributed by atoms with Gasteiger partial charge in [-0.3, -0.25) is 14.9 Å². The van der Waals surface area contributed by atoms with Crippen molar-refractivity contribution in [2.24, 2.45) is 5.92 Å². The van der Waals surface area contributed by atoms with Gasteiger partial charge in [-0.05, 0) is 54.8 Å². The summed E-state index contributed by atoms with van der Waals surface area (Å²) in [5, 5.41) is 13.2. The van der Waals surface area contributed by atoms with Crippen molar-refractivity contribution in [3.05, 3.63) is 34.4 Å². The number of hydrogen-bond acceptors (Lipinski definition) is 5. The minimum atomic E-state index is -4.67. The summed E-state index contributed by atoms with van der Waals surface area (Å²) < 4.78 is 41.3. The van der Waals surface area contributed by atoms with Crippen LogP contribution in [0.2, 0.25) is 0 Å². The second-order valence-electron chi connectivity index (χ2n) is 6.07. The highest BCUT2D eigenvalue weighted by Crippen LogP contribution is 2.40. The number of Topliss-reactive ketones (excluding diaryl/α,β-unsaturated/α-hetero) is 1. The lowest BCUT2D eigenvalue weighted by Gasteiger charge is -2.17. The number of halogens is 3. The van der Waals surface area contributed by atoms with E-state index in [2.05, 4.69) is 20.8 Å². The van der Waals surface area contributed by atoms with Crippen LogP contribution in [0.25, 0.3) is 0 Å². The smallest absolute Gasteiger partial charge is 0.294 e. The lowest BCUT2D eigenvalue weighted by atomic mass is 9.91. The minimum absolute atomic E-state index is 0.00440. The van der Waals surface area contributed by atoms with Gasteiger partial charge in [0.25, 0.3) is 5.91 Å². The first kappa shape index (κ1) is 18.0. The molecule has 1 fully saturated rings. The van der Waals surface area contributed by atoms with Crippen molar-refractivity contribution >= 4 is 17.6 Å². The van der Waals surface area contributed by atoms with Gasteiger partial charge in [0.05, 0.1) is 5.56 Å². The van der Waals surface area contributed by atoms with Gasteiger partial charge in [-0.1, -0.05) is 5.10 Å². The Balaban J connectivity index is 2.01. The number of benzene rings is 1. The monoisotopic (exact) mass is 367 g/mol. The third-order valence-electron chi connectivity index (χ3n) is 4.27. The normalized spacial score (nSPS) is 14.3. The van der Waals surface area contributed by atoms with Crippen LogP contribution in [0.4, 0.5) is 19.1 Å². The van der Waals surface area contributed by atoms with Gasteiger partial charge < -0.3 is 0 Å². The Hall–Kier alpha value is -2.78. The van der Waals surface area contributed by atoms with Gasteiger partial charge in [0.2, 0.25) is 5.95 Å². The van der Waals surface area contributed by atoms with E-state index >= 15 is 0 Å². The highest BCUT2D eigenvalue weighted by molar-refractivity contribution is 6.09. The number of aryl methyl sites for hydroxylation is 1. The zero-order valence-corrected chi connectivity index (χ0v) is 14.1. The van der Waals surface area contributed by atoms with E-state index in [1.165, 1.54) is 11.6 Å². The van der Waals surface area contributed by atoms with Crippen LogP contribution in [0.1, 0.15) is 51.6 Å². The molecule has 1 aliphatic carbocycles. The Bertz CT molecular complexity index is 871. The number of ketones is 1. The Kier molecular flexibility index (Phi) is 4.51. The second kappa shape index (κ2) is 6.50. The molecule has 1 saturated carbocycles. The fourth-order valence-electron chi connectivity index (χ4n) is 2.74. The van der Waals surface area contributed by atoms with E-state index in [0.717, 1.165) is 12.1 Å². The molecule has 1 heterocycles. The van der Waals surface area contributed by atoms with Gasteiger partial charge in [0, 0.05) is 23.6 Å². The minimum Gasteiger partial charge on any atom is -0.294 e. The molecule has 0 spiro atoms. The molecule has 0 unspecified atom stereocenters. The number of carbonyl (C=O) groups excluding carboxylic acids is 2. The van der Waals surface area contributed by atoms with Crippen LogP contribution in [0.5, 0.6) is 0 Å². The topological polar surface area (TPSA) is 89.8 Å². The van der Waals surface area contributed by atoms with Crippen LogP contribution in [-0.2, 0) is 12.7 Å². The Morgan fingerprint density at radius 1 is 1.31 bits per heavy atom. The van der Waals surface area contributed by atoms with Gasteiger partial charge in [-0.15, -0.1) is 0 Å². The molecule has 0 atom stereocenters. The Labute approximate surface area is 146 Å². The van der Waals surface area contributed by atoms with Crippen LogP contribution >= 0.6 is 0 Å². The highest BCUT2D eigenvalue weighted by Gasteiger charge is 2.41. The number of nitrogens with zero attached hydrogens (tertiary/aromatic N) is 4. The fraction of sp³-hybridized carbons (Fsp3) is 0.438. The second-order valence-corrected chi connectivity index (χ2v) is 6.07. The molecule has 0 bridgehead atoms. The van der Waals surface area contributed by atoms with E-state index in [-0.39, 0.29) is 17.1 Å². The number of carbonyl (C=O) groups is 2. The first-order chi connectivity index (χ1) is 12.2. The zero-order chi connectivity index (χ0) is 19.1. The number of alkyl halides is 3. The molecule has 26 heavy (non-hydrogen) atoms. The number of tetrazole rings is 1. The maximum Gasteiger partial charge on any atom is 0.417 e. The molecule has 0 aliphatic heterocycles. The number of anilines is 1. The summed E-state index contributed by atoms with van der Waals surface area (Å²) in [6, 6.07) is 1.84. The molecule has 1 aromatic heterocycles. The van der Waals surface area contributed by atoms with Crippen LogP contribution in [-0.4, -0.2) is 31.9 Å². The molecular weight excluding hydrogens is 351 g/mol. The van der Waals surface area contributed by atoms with Gasteiger partial charge in [0.1, 0.15) is 0 Å². The third kappa shape index (κ3) is 3.31. The quantitative estimate of drug-likeness (QED) is 0.821. The molecular formula is C16H16F3N5O2. The number of aromatic nitrogens is 4. The van der Waals surface area contributed by atoms with Crippen LogP contribution in [0.3, 0.4) is 0 Å². The molecule has 1 aromatic carbocycles. The van der Waals surface area contributed by atoms with E-state index in [1.54, 1.807) is 6.92 Å². The predicted octanol–water partition coefficient (Wildman–Crippen LogP) is 2.87. The number of amides is 1. The SMILES string of the molecule is CCn1nnnc1NC(=O)c1ccc(C(F)(F)F)c(C(=O)C2CC2)c1C. The van der Waals surface area contributed by atoms with Crippen molar-refractivity contribution in [1.82, 2.24) is 20.2 Å². The maximum atomic E-state index is 13.3. The molecule has 2 aromatic rings. The van der Waals surface area contributed by atoms with Gasteiger partial charge >= 0.3 is 6.18 Å². The van der Waals surface area contributed by atoms with Crippen LogP contribution < -0.4 is 5.32 Å². The van der Waals surface area contributed by atoms with Gasteiger partial charge in [-0.25, -0.2) is 4.68 Å². The summed E-state index contributed by atoms with van der Waals surface area (Å²) in [5.74, 6) is -1.57.